The highest BCUT2D eigenvalue weighted by molar-refractivity contribution is 5.92. The molecule has 0 unspecified atom stereocenters. The minimum absolute atomic E-state index is 0.00694. The summed E-state index contributed by atoms with van der Waals surface area (Å²) in [7, 11) is 0. The van der Waals surface area contributed by atoms with Crippen molar-refractivity contribution >= 4 is 5.78 Å². The first-order chi connectivity index (χ1) is 3.29. The molecule has 1 rings (SSSR count). The van der Waals surface area contributed by atoms with E-state index >= 15 is 0 Å². The summed E-state index contributed by atoms with van der Waals surface area (Å²) in [6.45, 7) is 0. The van der Waals surface area contributed by atoms with Crippen LogP contribution in [0.15, 0.2) is 12.2 Å². The van der Waals surface area contributed by atoms with E-state index in [0.29, 0.717) is 6.42 Å². The number of rotatable bonds is 0. The highest BCUT2D eigenvalue weighted by Gasteiger charge is 2.09. The molecule has 2 nitrogen and oxygen atoms in total. The molecule has 0 amide bonds. The van der Waals surface area contributed by atoms with E-state index in [9.17, 15) is 4.79 Å². The topological polar surface area (TPSA) is 43.1 Å². The Labute approximate surface area is 42.0 Å². The number of carbonyl (C=O) groups excluding carboxylic acids is 1. The minimum atomic E-state index is -0.00694. The van der Waals surface area contributed by atoms with Crippen LogP contribution >= 0.6 is 0 Å². The smallest absolute Gasteiger partial charge is 0.157 e. The van der Waals surface area contributed by atoms with Crippen molar-refractivity contribution in [1.29, 1.82) is 0 Å². The molecule has 0 spiro atoms. The van der Waals surface area contributed by atoms with Crippen molar-refractivity contribution in [2.24, 2.45) is 5.73 Å². The number of carbonyl (C=O) groups is 1. The molecule has 38 valence electrons. The lowest BCUT2D eigenvalue weighted by molar-refractivity contribution is -0.114. The highest BCUT2D eigenvalue weighted by Crippen LogP contribution is 2.00. The zero-order valence-electron chi connectivity index (χ0n) is 3.92. The second kappa shape index (κ2) is 1.46. The van der Waals surface area contributed by atoms with Crippen LogP contribution in [0.2, 0.25) is 0 Å². The normalized spacial score (nSPS) is 29.3. The molecule has 2 heteroatoms. The van der Waals surface area contributed by atoms with Gasteiger partial charge in [-0.25, -0.2) is 0 Å². The maximum atomic E-state index is 10.3. The Morgan fingerprint density at radius 3 is 2.71 bits per heavy atom. The third-order valence-electron chi connectivity index (χ3n) is 0.966. The summed E-state index contributed by atoms with van der Waals surface area (Å²) in [4.78, 5) is 10.3. The number of allylic oxidation sites excluding steroid dienone is 1. The van der Waals surface area contributed by atoms with Crippen LogP contribution in [0.4, 0.5) is 0 Å². The van der Waals surface area contributed by atoms with Crippen molar-refractivity contribution in [2.75, 3.05) is 0 Å². The standard InChI is InChI=1S/C5H7NO/c6-4-1-2-5(7)3-4/h1-2,4H,3,6H2/t4-/m1/s1. The molecular weight excluding hydrogens is 90.1 g/mol. The molecule has 0 aliphatic heterocycles. The number of ketones is 1. The lowest BCUT2D eigenvalue weighted by atomic mass is 10.3. The molecule has 0 aromatic carbocycles. The summed E-state index contributed by atoms with van der Waals surface area (Å²) in [5, 5.41) is 0. The van der Waals surface area contributed by atoms with Gasteiger partial charge in [-0.1, -0.05) is 6.08 Å². The molecule has 0 aromatic rings. The van der Waals surface area contributed by atoms with Gasteiger partial charge in [0.25, 0.3) is 0 Å². The lowest BCUT2D eigenvalue weighted by Crippen LogP contribution is -2.14. The van der Waals surface area contributed by atoms with Crippen molar-refractivity contribution < 1.29 is 4.79 Å². The Bertz CT molecular complexity index is 117. The SMILES string of the molecule is N[C@@H]1C=CC(=O)C1. The molecule has 0 saturated carbocycles. The molecule has 7 heavy (non-hydrogen) atoms. The van der Waals surface area contributed by atoms with Gasteiger partial charge in [0.05, 0.1) is 0 Å². The average Bonchev–Trinajstić information content (AvgIpc) is 1.87. The van der Waals surface area contributed by atoms with Crippen molar-refractivity contribution in [2.45, 2.75) is 12.5 Å². The molecule has 0 saturated heterocycles. The fraction of sp³-hybridized carbons (Fsp3) is 0.400. The van der Waals surface area contributed by atoms with E-state index in [1.807, 2.05) is 0 Å². The Hall–Kier alpha value is -0.630. The molecule has 0 heterocycles. The van der Waals surface area contributed by atoms with E-state index in [-0.39, 0.29) is 11.8 Å². The van der Waals surface area contributed by atoms with Gasteiger partial charge in [-0.15, -0.1) is 0 Å². The summed E-state index contributed by atoms with van der Waals surface area (Å²) >= 11 is 0. The van der Waals surface area contributed by atoms with Crippen LogP contribution in [0.1, 0.15) is 6.42 Å². The molecule has 2 N–H and O–H groups in total. The van der Waals surface area contributed by atoms with Crippen molar-refractivity contribution in [3.8, 4) is 0 Å². The van der Waals surface area contributed by atoms with Crippen molar-refractivity contribution in [3.63, 3.8) is 0 Å². The van der Waals surface area contributed by atoms with Crippen LogP contribution < -0.4 is 5.73 Å². The quantitative estimate of drug-likeness (QED) is 0.456. The number of nitrogens with two attached hydrogens (primary N) is 1. The summed E-state index contributed by atoms with van der Waals surface area (Å²) in [5.74, 6) is 0.146. The predicted octanol–water partition coefficient (Wildman–Crippen LogP) is -0.157. The Balaban J connectivity index is 2.58. The summed E-state index contributed by atoms with van der Waals surface area (Å²) < 4.78 is 0. The van der Waals surface area contributed by atoms with Crippen LogP contribution in [0, 0.1) is 0 Å². The molecule has 1 aliphatic rings. The largest absolute Gasteiger partial charge is 0.324 e. The maximum absolute atomic E-state index is 10.3. The monoisotopic (exact) mass is 97.1 g/mol. The van der Waals surface area contributed by atoms with Gasteiger partial charge in [0.1, 0.15) is 0 Å². The fourth-order valence-electron chi connectivity index (χ4n) is 0.599. The molecule has 1 atom stereocenters. The molecular formula is C5H7NO. The summed E-state index contributed by atoms with van der Waals surface area (Å²) in [6, 6.07) is -0.00694. The first-order valence-corrected chi connectivity index (χ1v) is 2.25. The Morgan fingerprint density at radius 1 is 1.86 bits per heavy atom. The zero-order valence-corrected chi connectivity index (χ0v) is 3.92. The zero-order chi connectivity index (χ0) is 5.28. The van der Waals surface area contributed by atoms with Gasteiger partial charge >= 0.3 is 0 Å². The molecule has 1 aliphatic carbocycles. The van der Waals surface area contributed by atoms with E-state index in [0.717, 1.165) is 0 Å². The lowest BCUT2D eigenvalue weighted by Gasteiger charge is -1.89. The van der Waals surface area contributed by atoms with Gasteiger partial charge in [0.15, 0.2) is 5.78 Å². The average molecular weight is 97.1 g/mol. The van der Waals surface area contributed by atoms with E-state index < -0.39 is 0 Å². The molecule has 0 fully saturated rings. The van der Waals surface area contributed by atoms with E-state index in [4.69, 9.17) is 5.73 Å². The van der Waals surface area contributed by atoms with Gasteiger partial charge in [0, 0.05) is 12.5 Å². The second-order valence-electron chi connectivity index (χ2n) is 1.69. The van der Waals surface area contributed by atoms with Crippen molar-refractivity contribution in [1.82, 2.24) is 0 Å². The second-order valence-corrected chi connectivity index (χ2v) is 1.69. The van der Waals surface area contributed by atoms with Crippen LogP contribution in [-0.2, 0) is 4.79 Å². The fourth-order valence-corrected chi connectivity index (χ4v) is 0.599. The van der Waals surface area contributed by atoms with E-state index in [2.05, 4.69) is 0 Å². The van der Waals surface area contributed by atoms with Crippen LogP contribution in [0.5, 0.6) is 0 Å². The number of hydrogen-bond donors (Lipinski definition) is 1. The third kappa shape index (κ3) is 0.871. The number of hydrogen-bond acceptors (Lipinski definition) is 2. The summed E-state index contributed by atoms with van der Waals surface area (Å²) in [6.07, 6.45) is 3.76. The van der Waals surface area contributed by atoms with Gasteiger partial charge in [0.2, 0.25) is 0 Å². The predicted molar refractivity (Wildman–Crippen MR) is 26.7 cm³/mol. The first-order valence-electron chi connectivity index (χ1n) is 2.25. The van der Waals surface area contributed by atoms with Crippen LogP contribution in [-0.4, -0.2) is 11.8 Å². The highest BCUT2D eigenvalue weighted by atomic mass is 16.1. The summed E-state index contributed by atoms with van der Waals surface area (Å²) in [5.41, 5.74) is 5.32. The van der Waals surface area contributed by atoms with Gasteiger partial charge in [-0.2, -0.15) is 0 Å². The molecule has 0 radical (unpaired) electrons. The van der Waals surface area contributed by atoms with Crippen molar-refractivity contribution in [3.05, 3.63) is 12.2 Å². The van der Waals surface area contributed by atoms with Crippen LogP contribution in [0.3, 0.4) is 0 Å². The van der Waals surface area contributed by atoms with Gasteiger partial charge in [-0.3, -0.25) is 4.79 Å². The van der Waals surface area contributed by atoms with Crippen LogP contribution in [0.25, 0.3) is 0 Å². The third-order valence-corrected chi connectivity index (χ3v) is 0.966. The van der Waals surface area contributed by atoms with Gasteiger partial charge < -0.3 is 5.73 Å². The van der Waals surface area contributed by atoms with E-state index in [1.165, 1.54) is 6.08 Å². The van der Waals surface area contributed by atoms with E-state index in [1.54, 1.807) is 6.08 Å². The van der Waals surface area contributed by atoms with Gasteiger partial charge in [-0.05, 0) is 6.08 Å². The maximum Gasteiger partial charge on any atom is 0.157 e. The Kier molecular flexibility index (Phi) is 0.947. The molecule has 0 bridgehead atoms. The minimum Gasteiger partial charge on any atom is -0.324 e. The first kappa shape index (κ1) is 4.53. The Morgan fingerprint density at radius 2 is 2.57 bits per heavy atom. The molecule has 0 aromatic heterocycles.